The SMILES string of the molecule is Br.O=C(CBr)c1ccccn1.c1ccc(-c2cn3cccnc3n2)nc1. The van der Waals surface area contributed by atoms with Crippen LogP contribution in [0.25, 0.3) is 17.2 Å². The second-order valence-electron chi connectivity index (χ2n) is 4.94. The van der Waals surface area contributed by atoms with Gasteiger partial charge in [-0.05, 0) is 30.3 Å². The van der Waals surface area contributed by atoms with Crippen molar-refractivity contribution in [1.29, 1.82) is 0 Å². The number of hydrogen-bond acceptors (Lipinski definition) is 5. The molecule has 8 heteroatoms. The summed E-state index contributed by atoms with van der Waals surface area (Å²) in [5.41, 5.74) is 2.22. The van der Waals surface area contributed by atoms with Crippen LogP contribution in [-0.4, -0.2) is 35.4 Å². The average Bonchev–Trinajstić information content (AvgIpc) is 3.13. The van der Waals surface area contributed by atoms with E-state index in [9.17, 15) is 4.79 Å². The summed E-state index contributed by atoms with van der Waals surface area (Å²) in [5.74, 6) is 0.707. The van der Waals surface area contributed by atoms with Gasteiger partial charge in [-0.1, -0.05) is 28.1 Å². The predicted molar refractivity (Wildman–Crippen MR) is 109 cm³/mol. The van der Waals surface area contributed by atoms with Crippen molar-refractivity contribution in [1.82, 2.24) is 24.3 Å². The molecule has 0 aromatic carbocycles. The lowest BCUT2D eigenvalue weighted by Crippen LogP contribution is -2.01. The second kappa shape index (κ2) is 9.88. The van der Waals surface area contributed by atoms with Crippen LogP contribution in [0.3, 0.4) is 0 Å². The Hall–Kier alpha value is -2.45. The molecule has 0 radical (unpaired) electrons. The summed E-state index contributed by atoms with van der Waals surface area (Å²) in [6.07, 6.45) is 8.93. The lowest BCUT2D eigenvalue weighted by molar-refractivity contribution is 0.101. The van der Waals surface area contributed by atoms with Crippen LogP contribution in [0.5, 0.6) is 0 Å². The number of nitrogens with zero attached hydrogens (tertiary/aromatic N) is 5. The third-order valence-electron chi connectivity index (χ3n) is 3.23. The van der Waals surface area contributed by atoms with Gasteiger partial charge in [-0.25, -0.2) is 9.97 Å². The molecule has 0 fully saturated rings. The van der Waals surface area contributed by atoms with Crippen LogP contribution in [0.2, 0.25) is 0 Å². The number of halogens is 2. The van der Waals surface area contributed by atoms with Crippen LogP contribution >= 0.6 is 32.9 Å². The zero-order valence-electron chi connectivity index (χ0n) is 13.6. The maximum atomic E-state index is 10.9. The predicted octanol–water partition coefficient (Wildman–Crippen LogP) is 4.03. The fourth-order valence-electron chi connectivity index (χ4n) is 2.06. The smallest absolute Gasteiger partial charge is 0.234 e. The number of carbonyl (C=O) groups is 1. The van der Waals surface area contributed by atoms with Gasteiger partial charge in [0.15, 0.2) is 5.78 Å². The lowest BCUT2D eigenvalue weighted by Gasteiger charge is -1.91. The number of imidazole rings is 1. The molecule has 4 rings (SSSR count). The molecule has 0 N–H and O–H groups in total. The summed E-state index contributed by atoms with van der Waals surface area (Å²) in [6, 6.07) is 12.9. The highest BCUT2D eigenvalue weighted by atomic mass is 79.9. The summed E-state index contributed by atoms with van der Waals surface area (Å²) in [6.45, 7) is 0. The summed E-state index contributed by atoms with van der Waals surface area (Å²) in [7, 11) is 0. The van der Waals surface area contributed by atoms with Gasteiger partial charge in [-0.15, -0.1) is 17.0 Å². The Balaban J connectivity index is 0.000000195. The van der Waals surface area contributed by atoms with Gasteiger partial charge in [0.2, 0.25) is 5.78 Å². The Kier molecular flexibility index (Phi) is 7.55. The van der Waals surface area contributed by atoms with Crippen LogP contribution in [-0.2, 0) is 0 Å². The first-order chi connectivity index (χ1) is 12.3. The monoisotopic (exact) mass is 475 g/mol. The number of ketones is 1. The minimum atomic E-state index is 0. The van der Waals surface area contributed by atoms with E-state index in [1.165, 1.54) is 0 Å². The first kappa shape index (κ1) is 19.9. The Labute approximate surface area is 169 Å². The Morgan fingerprint density at radius 2 is 1.65 bits per heavy atom. The minimum absolute atomic E-state index is 0. The molecule has 0 bridgehead atoms. The largest absolute Gasteiger partial charge is 0.291 e. The van der Waals surface area contributed by atoms with Crippen LogP contribution in [0.4, 0.5) is 0 Å². The summed E-state index contributed by atoms with van der Waals surface area (Å²) in [4.78, 5) is 27.5. The van der Waals surface area contributed by atoms with Gasteiger partial charge in [-0.3, -0.25) is 19.2 Å². The Morgan fingerprint density at radius 3 is 2.27 bits per heavy atom. The Bertz CT molecular complexity index is 928. The standard InChI is InChI=1S/C11H8N4.C7H6BrNO.BrH/c1-2-5-12-9(4-1)10-8-15-7-3-6-13-11(15)14-10;8-5-7(10)6-3-1-2-4-9-6;/h1-8H;1-4H,5H2;1H. The van der Waals surface area contributed by atoms with Crippen molar-refractivity contribution in [3.63, 3.8) is 0 Å². The van der Waals surface area contributed by atoms with Crippen molar-refractivity contribution >= 4 is 44.5 Å². The van der Waals surface area contributed by atoms with E-state index in [0.717, 1.165) is 11.4 Å². The molecular formula is C18H15Br2N5O. The third-order valence-corrected chi connectivity index (χ3v) is 3.74. The van der Waals surface area contributed by atoms with Crippen molar-refractivity contribution in [2.75, 3.05) is 5.33 Å². The molecule has 0 amide bonds. The fraction of sp³-hybridized carbons (Fsp3) is 0.0556. The number of pyridine rings is 2. The topological polar surface area (TPSA) is 73.0 Å². The number of aromatic nitrogens is 5. The number of fused-ring (bicyclic) bond motifs is 1. The van der Waals surface area contributed by atoms with Gasteiger partial charge in [-0.2, -0.15) is 0 Å². The van der Waals surface area contributed by atoms with E-state index in [0.29, 0.717) is 16.8 Å². The van der Waals surface area contributed by atoms with E-state index >= 15 is 0 Å². The van der Waals surface area contributed by atoms with E-state index in [2.05, 4.69) is 35.9 Å². The van der Waals surface area contributed by atoms with Gasteiger partial charge in [0.1, 0.15) is 11.4 Å². The zero-order valence-corrected chi connectivity index (χ0v) is 16.9. The van der Waals surface area contributed by atoms with Crippen molar-refractivity contribution in [2.45, 2.75) is 0 Å². The van der Waals surface area contributed by atoms with Crippen LogP contribution < -0.4 is 0 Å². The summed E-state index contributed by atoms with van der Waals surface area (Å²) in [5, 5.41) is 0.337. The molecule has 0 saturated heterocycles. The lowest BCUT2D eigenvalue weighted by atomic mass is 10.3. The van der Waals surface area contributed by atoms with Gasteiger partial charge in [0, 0.05) is 31.0 Å². The average molecular weight is 477 g/mol. The third kappa shape index (κ3) is 5.03. The maximum Gasteiger partial charge on any atom is 0.234 e. The highest BCUT2D eigenvalue weighted by Crippen LogP contribution is 2.14. The van der Waals surface area contributed by atoms with Gasteiger partial charge >= 0.3 is 0 Å². The highest BCUT2D eigenvalue weighted by Gasteiger charge is 2.04. The van der Waals surface area contributed by atoms with E-state index < -0.39 is 0 Å². The van der Waals surface area contributed by atoms with E-state index in [-0.39, 0.29) is 22.8 Å². The molecule has 0 unspecified atom stereocenters. The number of alkyl halides is 1. The molecule has 0 aliphatic rings. The molecule has 0 spiro atoms. The van der Waals surface area contributed by atoms with Crippen molar-refractivity contribution in [3.8, 4) is 11.4 Å². The molecule has 132 valence electrons. The van der Waals surface area contributed by atoms with E-state index in [1.807, 2.05) is 41.1 Å². The maximum absolute atomic E-state index is 10.9. The van der Waals surface area contributed by atoms with Crippen molar-refractivity contribution < 1.29 is 4.79 Å². The molecular weight excluding hydrogens is 462 g/mol. The molecule has 26 heavy (non-hydrogen) atoms. The second-order valence-corrected chi connectivity index (χ2v) is 5.50. The molecule has 6 nitrogen and oxygen atoms in total. The van der Waals surface area contributed by atoms with Gasteiger partial charge < -0.3 is 0 Å². The molecule has 4 heterocycles. The van der Waals surface area contributed by atoms with Crippen molar-refractivity contribution in [2.24, 2.45) is 0 Å². The Morgan fingerprint density at radius 1 is 0.923 bits per heavy atom. The normalized spacial score (nSPS) is 9.73. The summed E-state index contributed by atoms with van der Waals surface area (Å²) < 4.78 is 1.88. The first-order valence-electron chi connectivity index (χ1n) is 7.49. The molecule has 0 aliphatic carbocycles. The number of carbonyl (C=O) groups excluding carboxylic acids is 1. The molecule has 0 saturated carbocycles. The molecule has 0 atom stereocenters. The quantitative estimate of drug-likeness (QED) is 0.329. The highest BCUT2D eigenvalue weighted by molar-refractivity contribution is 9.09. The van der Waals surface area contributed by atoms with E-state index in [1.54, 1.807) is 36.8 Å². The number of Topliss-reactive ketones (excluding diaryl/α,β-unsaturated/α-hetero) is 1. The number of hydrogen-bond donors (Lipinski definition) is 0. The van der Waals surface area contributed by atoms with Crippen LogP contribution in [0, 0.1) is 0 Å². The molecule has 0 aliphatic heterocycles. The minimum Gasteiger partial charge on any atom is -0.291 e. The van der Waals surface area contributed by atoms with Crippen LogP contribution in [0.15, 0.2) is 73.4 Å². The zero-order chi connectivity index (χ0) is 17.5. The van der Waals surface area contributed by atoms with Gasteiger partial charge in [0.05, 0.1) is 11.0 Å². The fourth-order valence-corrected chi connectivity index (χ4v) is 2.35. The summed E-state index contributed by atoms with van der Waals surface area (Å²) >= 11 is 3.06. The molecule has 4 aromatic rings. The molecule has 4 aromatic heterocycles. The number of rotatable bonds is 3. The van der Waals surface area contributed by atoms with Gasteiger partial charge in [0.25, 0.3) is 0 Å². The van der Waals surface area contributed by atoms with E-state index in [4.69, 9.17) is 0 Å². The van der Waals surface area contributed by atoms with Crippen LogP contribution in [0.1, 0.15) is 10.5 Å². The first-order valence-corrected chi connectivity index (χ1v) is 8.61. The van der Waals surface area contributed by atoms with Crippen molar-refractivity contribution in [3.05, 3.63) is 79.1 Å².